The molecule has 128 valence electrons. The summed E-state index contributed by atoms with van der Waals surface area (Å²) in [6.07, 6.45) is 1.65. The highest BCUT2D eigenvalue weighted by atomic mass is 16.5. The number of nitrogens with one attached hydrogen (secondary N) is 1. The Balaban J connectivity index is 2.12. The van der Waals surface area contributed by atoms with Gasteiger partial charge in [-0.3, -0.25) is 4.79 Å². The zero-order valence-electron chi connectivity index (χ0n) is 13.5. The van der Waals surface area contributed by atoms with Crippen molar-refractivity contribution in [2.75, 3.05) is 6.61 Å². The fourth-order valence-electron chi connectivity index (χ4n) is 2.27. The van der Waals surface area contributed by atoms with Crippen LogP contribution in [0.2, 0.25) is 0 Å². The highest BCUT2D eigenvalue weighted by Crippen LogP contribution is 2.23. The molecule has 1 amide bonds. The molecular weight excluding hydrogens is 314 g/mol. The van der Waals surface area contributed by atoms with Gasteiger partial charge in [-0.25, -0.2) is 4.79 Å². The smallest absolute Gasteiger partial charge is 0.336 e. The van der Waals surface area contributed by atoms with Gasteiger partial charge in [-0.15, -0.1) is 0 Å². The molecule has 2 aromatic rings. The van der Waals surface area contributed by atoms with Crippen molar-refractivity contribution in [1.29, 1.82) is 0 Å². The number of fused-ring (bicyclic) bond motifs is 1. The van der Waals surface area contributed by atoms with E-state index in [9.17, 15) is 19.5 Å². The molecule has 1 atom stereocenters. The average molecular weight is 332 g/mol. The number of carbonyl (C=O) groups excluding carboxylic acids is 2. The lowest BCUT2D eigenvalue weighted by atomic mass is 10.1. The fraction of sp³-hybridized carbons (Fsp3) is 0.353. The van der Waals surface area contributed by atoms with Crippen molar-refractivity contribution in [3.63, 3.8) is 0 Å². The van der Waals surface area contributed by atoms with E-state index in [1.54, 1.807) is 12.1 Å². The van der Waals surface area contributed by atoms with Gasteiger partial charge in [0, 0.05) is 17.5 Å². The number of hydrogen-bond donors (Lipinski definition) is 1. The summed E-state index contributed by atoms with van der Waals surface area (Å²) in [5.41, 5.74) is 0.839. The van der Waals surface area contributed by atoms with Gasteiger partial charge < -0.3 is 24.4 Å². The first kappa shape index (κ1) is 17.5. The van der Waals surface area contributed by atoms with Crippen LogP contribution in [0.15, 0.2) is 33.5 Å². The molecule has 7 nitrogen and oxygen atoms in total. The number of amides is 1. The third kappa shape index (κ3) is 4.34. The number of rotatable bonds is 7. The highest BCUT2D eigenvalue weighted by molar-refractivity contribution is 5.84. The van der Waals surface area contributed by atoms with E-state index in [4.69, 9.17) is 9.15 Å². The molecule has 0 saturated heterocycles. The molecule has 7 heteroatoms. The minimum absolute atomic E-state index is 0.343. The molecule has 0 unspecified atom stereocenters. The number of carboxylic acids is 1. The van der Waals surface area contributed by atoms with E-state index >= 15 is 0 Å². The van der Waals surface area contributed by atoms with E-state index in [1.165, 1.54) is 19.1 Å². The van der Waals surface area contributed by atoms with Crippen molar-refractivity contribution in [1.82, 2.24) is 5.32 Å². The molecule has 1 N–H and O–H groups in total. The van der Waals surface area contributed by atoms with Crippen LogP contribution >= 0.6 is 0 Å². The maximum absolute atomic E-state index is 11.6. The number of carbonyl (C=O) groups is 2. The van der Waals surface area contributed by atoms with Crippen molar-refractivity contribution in [3.05, 3.63) is 40.2 Å². The van der Waals surface area contributed by atoms with Crippen molar-refractivity contribution in [2.24, 2.45) is 0 Å². The minimum Gasteiger partial charge on any atom is -0.548 e. The lowest BCUT2D eigenvalue weighted by Crippen LogP contribution is -2.47. The van der Waals surface area contributed by atoms with Crippen LogP contribution in [0.4, 0.5) is 0 Å². The third-order valence-electron chi connectivity index (χ3n) is 3.42. The Kier molecular flexibility index (Phi) is 5.57. The second-order valence-electron chi connectivity index (χ2n) is 5.40. The Morgan fingerprint density at radius 3 is 2.75 bits per heavy atom. The maximum atomic E-state index is 11.6. The summed E-state index contributed by atoms with van der Waals surface area (Å²) in [4.78, 5) is 33.8. The molecule has 1 heterocycles. The van der Waals surface area contributed by atoms with Gasteiger partial charge in [-0.2, -0.15) is 0 Å². The molecule has 0 aliphatic rings. The van der Waals surface area contributed by atoms with Gasteiger partial charge in [0.1, 0.15) is 11.3 Å². The standard InChI is InChI=1S/C17H19NO6/c1-3-4-11-7-16(20)24-14-8-12(5-6-13(11)14)23-9-15(19)18-10(2)17(21)22/h5-8,10H,3-4,9H2,1-2H3,(H,18,19)(H,21,22)/p-1/t10-/m0/s1. The monoisotopic (exact) mass is 332 g/mol. The second-order valence-corrected chi connectivity index (χ2v) is 5.40. The number of carboxylic acid groups (broad SMARTS) is 1. The number of ether oxygens (including phenoxy) is 1. The number of aryl methyl sites for hydroxylation is 1. The van der Waals surface area contributed by atoms with E-state index in [0.29, 0.717) is 11.3 Å². The fourth-order valence-corrected chi connectivity index (χ4v) is 2.27. The molecule has 24 heavy (non-hydrogen) atoms. The molecule has 1 aromatic carbocycles. The van der Waals surface area contributed by atoms with Crippen LogP contribution in [-0.4, -0.2) is 24.5 Å². The minimum atomic E-state index is -1.38. The summed E-state index contributed by atoms with van der Waals surface area (Å²) in [7, 11) is 0. The summed E-state index contributed by atoms with van der Waals surface area (Å²) in [6.45, 7) is 2.96. The van der Waals surface area contributed by atoms with E-state index in [2.05, 4.69) is 5.32 Å². The zero-order valence-corrected chi connectivity index (χ0v) is 13.5. The summed E-state index contributed by atoms with van der Waals surface area (Å²) in [5.74, 6) is -1.62. The van der Waals surface area contributed by atoms with E-state index in [-0.39, 0.29) is 6.61 Å². The SMILES string of the molecule is CCCc1cc(=O)oc2cc(OCC(=O)N[C@@H](C)C(=O)[O-])ccc12. The second kappa shape index (κ2) is 7.63. The van der Waals surface area contributed by atoms with Crippen molar-refractivity contribution < 1.29 is 23.8 Å². The first-order valence-electron chi connectivity index (χ1n) is 7.60. The summed E-state index contributed by atoms with van der Waals surface area (Å²) >= 11 is 0. The predicted octanol–water partition coefficient (Wildman–Crippen LogP) is 0.379. The molecule has 2 rings (SSSR count). The topological polar surface area (TPSA) is 109 Å². The van der Waals surface area contributed by atoms with E-state index < -0.39 is 23.5 Å². The summed E-state index contributed by atoms with van der Waals surface area (Å²) in [5, 5.41) is 13.6. The highest BCUT2D eigenvalue weighted by Gasteiger charge is 2.10. The van der Waals surface area contributed by atoms with E-state index in [0.717, 1.165) is 23.8 Å². The largest absolute Gasteiger partial charge is 0.548 e. The predicted molar refractivity (Wildman–Crippen MR) is 84.6 cm³/mol. The quantitative estimate of drug-likeness (QED) is 0.734. The van der Waals surface area contributed by atoms with E-state index in [1.807, 2.05) is 6.92 Å². The number of hydrogen-bond acceptors (Lipinski definition) is 6. The van der Waals surface area contributed by atoms with Gasteiger partial charge in [0.2, 0.25) is 0 Å². The van der Waals surface area contributed by atoms with Gasteiger partial charge in [0.15, 0.2) is 6.61 Å². The van der Waals surface area contributed by atoms with Crippen molar-refractivity contribution >= 4 is 22.8 Å². The van der Waals surface area contributed by atoms with Gasteiger partial charge in [-0.1, -0.05) is 13.3 Å². The molecule has 0 spiro atoms. The molecule has 0 radical (unpaired) electrons. The summed E-state index contributed by atoms with van der Waals surface area (Å²) < 4.78 is 10.5. The molecule has 0 bridgehead atoms. The zero-order chi connectivity index (χ0) is 17.7. The molecule has 1 aromatic heterocycles. The average Bonchev–Trinajstić information content (AvgIpc) is 2.52. The lowest BCUT2D eigenvalue weighted by Gasteiger charge is -2.15. The van der Waals surface area contributed by atoms with Gasteiger partial charge in [0.05, 0.1) is 12.0 Å². The first-order chi connectivity index (χ1) is 11.4. The maximum Gasteiger partial charge on any atom is 0.336 e. The van der Waals surface area contributed by atoms with Crippen LogP contribution < -0.4 is 20.8 Å². The van der Waals surface area contributed by atoms with Crippen LogP contribution in [0, 0.1) is 0 Å². The Hall–Kier alpha value is -2.83. The van der Waals surface area contributed by atoms with Crippen molar-refractivity contribution in [3.8, 4) is 5.75 Å². The number of benzene rings is 1. The number of aliphatic carboxylic acids is 1. The molecule has 0 aliphatic heterocycles. The Bertz CT molecular complexity index is 810. The Morgan fingerprint density at radius 1 is 1.33 bits per heavy atom. The van der Waals surface area contributed by atoms with Gasteiger partial charge >= 0.3 is 5.63 Å². The Labute approximate surface area is 138 Å². The van der Waals surface area contributed by atoms with Crippen LogP contribution in [0.3, 0.4) is 0 Å². The summed E-state index contributed by atoms with van der Waals surface area (Å²) in [6, 6.07) is 5.33. The Morgan fingerprint density at radius 2 is 2.08 bits per heavy atom. The van der Waals surface area contributed by atoms with Gasteiger partial charge in [0.25, 0.3) is 5.91 Å². The van der Waals surface area contributed by atoms with Crippen LogP contribution in [0.25, 0.3) is 11.0 Å². The molecule has 0 fully saturated rings. The van der Waals surface area contributed by atoms with Gasteiger partial charge in [-0.05, 0) is 31.0 Å². The lowest BCUT2D eigenvalue weighted by molar-refractivity contribution is -0.307. The van der Waals surface area contributed by atoms with Crippen LogP contribution in [-0.2, 0) is 16.0 Å². The normalized spacial score (nSPS) is 11.9. The van der Waals surface area contributed by atoms with Crippen molar-refractivity contribution in [2.45, 2.75) is 32.7 Å². The van der Waals surface area contributed by atoms with Crippen LogP contribution in [0.5, 0.6) is 5.75 Å². The molecular formula is C17H18NO6-. The van der Waals surface area contributed by atoms with Crippen LogP contribution in [0.1, 0.15) is 25.8 Å². The molecule has 0 aliphatic carbocycles. The molecule has 0 saturated carbocycles. The third-order valence-corrected chi connectivity index (χ3v) is 3.42. The first-order valence-corrected chi connectivity index (χ1v) is 7.60.